The maximum atomic E-state index is 12.5. The normalized spacial score (nSPS) is 19.2. The minimum absolute atomic E-state index is 0.0263. The standard InChI is InChI=1S/C22H25N5O4/c1-4-30-18(28)13-27(15-8-6-5-7-9-15)19-16-12-14(21-23-25-26-24-21)10-11-17(16)31-22(2,3)20(19)29/h5-12,19-20,29H,4,13H2,1-3H3,(H,23,24,25,26)/t19-,20+/m0/s1. The van der Waals surface area contributed by atoms with Gasteiger partial charge in [-0.05, 0) is 56.3 Å². The number of hydrogen-bond acceptors (Lipinski definition) is 8. The number of hydrogen-bond donors (Lipinski definition) is 2. The molecule has 0 radical (unpaired) electrons. The Morgan fingerprint density at radius 1 is 1.26 bits per heavy atom. The van der Waals surface area contributed by atoms with Gasteiger partial charge in [-0.25, -0.2) is 0 Å². The van der Waals surface area contributed by atoms with E-state index in [0.29, 0.717) is 11.6 Å². The highest BCUT2D eigenvalue weighted by atomic mass is 16.5. The smallest absolute Gasteiger partial charge is 0.325 e. The van der Waals surface area contributed by atoms with Crippen LogP contribution in [-0.2, 0) is 9.53 Å². The summed E-state index contributed by atoms with van der Waals surface area (Å²) in [7, 11) is 0. The number of aromatic nitrogens is 4. The summed E-state index contributed by atoms with van der Waals surface area (Å²) in [6, 6.07) is 14.4. The fraction of sp³-hybridized carbons (Fsp3) is 0.364. The number of esters is 1. The van der Waals surface area contributed by atoms with Gasteiger partial charge in [0.05, 0.1) is 12.6 Å². The van der Waals surface area contributed by atoms with Crippen LogP contribution in [0.2, 0.25) is 0 Å². The van der Waals surface area contributed by atoms with Gasteiger partial charge in [-0.1, -0.05) is 18.2 Å². The van der Waals surface area contributed by atoms with E-state index >= 15 is 0 Å². The highest BCUT2D eigenvalue weighted by molar-refractivity contribution is 5.76. The predicted molar refractivity (Wildman–Crippen MR) is 113 cm³/mol. The number of nitrogens with one attached hydrogen (secondary N) is 1. The first-order valence-corrected chi connectivity index (χ1v) is 10.1. The van der Waals surface area contributed by atoms with E-state index in [1.54, 1.807) is 6.92 Å². The zero-order valence-corrected chi connectivity index (χ0v) is 17.6. The minimum atomic E-state index is -0.935. The molecule has 0 spiro atoms. The van der Waals surface area contributed by atoms with Crippen LogP contribution < -0.4 is 9.64 Å². The van der Waals surface area contributed by atoms with Gasteiger partial charge in [0.25, 0.3) is 0 Å². The number of nitrogens with zero attached hydrogens (tertiary/aromatic N) is 4. The number of anilines is 1. The second-order valence-electron chi connectivity index (χ2n) is 7.85. The van der Waals surface area contributed by atoms with Crippen molar-refractivity contribution >= 4 is 11.7 Å². The number of H-pyrrole nitrogens is 1. The second kappa shape index (κ2) is 8.35. The van der Waals surface area contributed by atoms with Crippen LogP contribution in [0.15, 0.2) is 48.5 Å². The van der Waals surface area contributed by atoms with Crippen LogP contribution in [0.25, 0.3) is 11.4 Å². The molecular formula is C22H25N5O4. The molecule has 2 aromatic carbocycles. The van der Waals surface area contributed by atoms with Crippen molar-refractivity contribution in [1.82, 2.24) is 20.6 Å². The van der Waals surface area contributed by atoms with Gasteiger partial charge in [-0.15, -0.1) is 10.2 Å². The van der Waals surface area contributed by atoms with E-state index in [0.717, 1.165) is 16.8 Å². The summed E-state index contributed by atoms with van der Waals surface area (Å²) in [6.07, 6.45) is -0.935. The molecule has 9 heteroatoms. The van der Waals surface area contributed by atoms with Gasteiger partial charge in [-0.3, -0.25) is 4.79 Å². The number of carbonyl (C=O) groups is 1. The van der Waals surface area contributed by atoms with Crippen molar-refractivity contribution in [3.63, 3.8) is 0 Å². The molecule has 0 amide bonds. The van der Waals surface area contributed by atoms with Crippen LogP contribution in [0.5, 0.6) is 5.75 Å². The number of fused-ring (bicyclic) bond motifs is 1. The number of ether oxygens (including phenoxy) is 2. The van der Waals surface area contributed by atoms with Crippen molar-refractivity contribution in [2.45, 2.75) is 38.5 Å². The zero-order chi connectivity index (χ0) is 22.0. The van der Waals surface area contributed by atoms with E-state index in [-0.39, 0.29) is 19.1 Å². The molecule has 0 aliphatic carbocycles. The Balaban J connectivity index is 1.85. The largest absolute Gasteiger partial charge is 0.485 e. The fourth-order valence-corrected chi connectivity index (χ4v) is 3.84. The molecule has 4 rings (SSSR count). The van der Waals surface area contributed by atoms with Crippen molar-refractivity contribution in [2.24, 2.45) is 0 Å². The van der Waals surface area contributed by atoms with Gasteiger partial charge in [0.1, 0.15) is 24.0 Å². The Morgan fingerprint density at radius 2 is 2.03 bits per heavy atom. The van der Waals surface area contributed by atoms with Crippen LogP contribution in [0, 0.1) is 0 Å². The summed E-state index contributed by atoms with van der Waals surface area (Å²) in [4.78, 5) is 14.3. The molecule has 0 saturated heterocycles. The number of benzene rings is 2. The summed E-state index contributed by atoms with van der Waals surface area (Å²) < 4.78 is 11.3. The van der Waals surface area contributed by atoms with E-state index in [4.69, 9.17) is 9.47 Å². The third kappa shape index (κ3) is 4.09. The van der Waals surface area contributed by atoms with Crippen molar-refractivity contribution in [3.8, 4) is 17.1 Å². The highest BCUT2D eigenvalue weighted by Gasteiger charge is 2.46. The maximum Gasteiger partial charge on any atom is 0.325 e. The summed E-state index contributed by atoms with van der Waals surface area (Å²) in [6.45, 7) is 5.68. The molecule has 0 saturated carbocycles. The van der Waals surface area contributed by atoms with Crippen LogP contribution in [0.3, 0.4) is 0 Å². The lowest BCUT2D eigenvalue weighted by Crippen LogP contribution is -2.54. The molecular weight excluding hydrogens is 398 g/mol. The first kappa shape index (κ1) is 20.8. The molecule has 0 bridgehead atoms. The molecule has 1 aliphatic heterocycles. The maximum absolute atomic E-state index is 12.5. The average Bonchev–Trinajstić information content (AvgIpc) is 3.29. The van der Waals surface area contributed by atoms with E-state index in [9.17, 15) is 9.90 Å². The van der Waals surface area contributed by atoms with E-state index in [2.05, 4.69) is 20.6 Å². The minimum Gasteiger partial charge on any atom is -0.485 e. The third-order valence-electron chi connectivity index (χ3n) is 5.34. The van der Waals surface area contributed by atoms with Gasteiger partial charge in [-0.2, -0.15) is 5.21 Å². The lowest BCUT2D eigenvalue weighted by Gasteiger charge is -2.46. The van der Waals surface area contributed by atoms with Crippen molar-refractivity contribution in [2.75, 3.05) is 18.1 Å². The van der Waals surface area contributed by atoms with Crippen LogP contribution in [0.4, 0.5) is 5.69 Å². The number of aliphatic hydroxyl groups excluding tert-OH is 1. The highest BCUT2D eigenvalue weighted by Crippen LogP contribution is 2.45. The van der Waals surface area contributed by atoms with Gasteiger partial charge in [0, 0.05) is 16.8 Å². The topological polar surface area (TPSA) is 113 Å². The van der Waals surface area contributed by atoms with E-state index in [1.807, 2.05) is 67.3 Å². The SMILES string of the molecule is CCOC(=O)CN(c1ccccc1)[C@H]1c2cc(-c3nn[nH]n3)ccc2OC(C)(C)[C@@H]1O. The Labute approximate surface area is 180 Å². The Hall–Kier alpha value is -3.46. The molecule has 31 heavy (non-hydrogen) atoms. The summed E-state index contributed by atoms with van der Waals surface area (Å²) >= 11 is 0. The first-order valence-electron chi connectivity index (χ1n) is 10.1. The predicted octanol–water partition coefficient (Wildman–Crippen LogP) is 2.51. The van der Waals surface area contributed by atoms with Crippen molar-refractivity contribution < 1.29 is 19.4 Å². The number of aliphatic hydroxyl groups is 1. The number of para-hydroxylation sites is 1. The van der Waals surface area contributed by atoms with Gasteiger partial charge >= 0.3 is 5.97 Å². The average molecular weight is 423 g/mol. The second-order valence-corrected chi connectivity index (χ2v) is 7.85. The van der Waals surface area contributed by atoms with Crippen LogP contribution in [-0.4, -0.2) is 56.6 Å². The molecule has 3 aromatic rings. The van der Waals surface area contributed by atoms with Crippen molar-refractivity contribution in [1.29, 1.82) is 0 Å². The van der Waals surface area contributed by atoms with E-state index < -0.39 is 17.7 Å². The molecule has 2 heterocycles. The number of rotatable bonds is 6. The molecule has 2 atom stereocenters. The van der Waals surface area contributed by atoms with Gasteiger partial charge in [0.2, 0.25) is 5.82 Å². The van der Waals surface area contributed by atoms with E-state index in [1.165, 1.54) is 0 Å². The van der Waals surface area contributed by atoms with Gasteiger partial charge < -0.3 is 19.5 Å². The molecule has 0 fully saturated rings. The summed E-state index contributed by atoms with van der Waals surface area (Å²) in [5.41, 5.74) is 1.35. The monoisotopic (exact) mass is 423 g/mol. The molecule has 2 N–H and O–H groups in total. The third-order valence-corrected chi connectivity index (χ3v) is 5.34. The molecule has 0 unspecified atom stereocenters. The summed E-state index contributed by atoms with van der Waals surface area (Å²) in [5, 5.41) is 25.5. The lowest BCUT2D eigenvalue weighted by atomic mass is 9.84. The quantitative estimate of drug-likeness (QED) is 0.582. The van der Waals surface area contributed by atoms with Gasteiger partial charge in [0.15, 0.2) is 0 Å². The molecule has 162 valence electrons. The van der Waals surface area contributed by atoms with Crippen LogP contribution in [0.1, 0.15) is 32.4 Å². The molecule has 1 aromatic heterocycles. The number of aromatic amines is 1. The first-order chi connectivity index (χ1) is 14.9. The van der Waals surface area contributed by atoms with Crippen LogP contribution >= 0.6 is 0 Å². The zero-order valence-electron chi connectivity index (χ0n) is 17.6. The number of carbonyl (C=O) groups excluding carboxylic acids is 1. The molecule has 1 aliphatic rings. The summed E-state index contributed by atoms with van der Waals surface area (Å²) in [5.74, 6) is 0.675. The fourth-order valence-electron chi connectivity index (χ4n) is 3.84. The number of tetrazole rings is 1. The molecule has 9 nitrogen and oxygen atoms in total. The Kier molecular flexibility index (Phi) is 5.60. The lowest BCUT2D eigenvalue weighted by molar-refractivity contribution is -0.141. The Bertz CT molecular complexity index is 1040. The van der Waals surface area contributed by atoms with Crippen molar-refractivity contribution in [3.05, 3.63) is 54.1 Å². The Morgan fingerprint density at radius 3 is 2.71 bits per heavy atom.